The Labute approximate surface area is 237 Å². The van der Waals surface area contributed by atoms with Crippen molar-refractivity contribution in [3.8, 4) is 0 Å². The van der Waals surface area contributed by atoms with Crippen LogP contribution >= 0.6 is 40.5 Å². The predicted molar refractivity (Wildman–Crippen MR) is 169 cm³/mol. The molecular weight excluding hydrogens is 509 g/mol. The van der Waals surface area contributed by atoms with Gasteiger partial charge in [-0.25, -0.2) is 8.93 Å². The van der Waals surface area contributed by atoms with Gasteiger partial charge in [0, 0.05) is 12.1 Å². The van der Waals surface area contributed by atoms with Gasteiger partial charge < -0.3 is 5.73 Å². The molecule has 200 valence electrons. The van der Waals surface area contributed by atoms with E-state index in [-0.39, 0.29) is 57.3 Å². The molecule has 2 aliphatic carbocycles. The Morgan fingerprint density at radius 3 is 1.51 bits per heavy atom. The van der Waals surface area contributed by atoms with Crippen LogP contribution in [-0.4, -0.2) is 8.96 Å². The van der Waals surface area contributed by atoms with Crippen LogP contribution in [0.15, 0.2) is 48.5 Å². The minimum absolute atomic E-state index is 0. The molecule has 0 aliphatic heterocycles. The minimum atomic E-state index is -1.02. The van der Waals surface area contributed by atoms with Gasteiger partial charge in [0.25, 0.3) is 0 Å². The average molecular weight is 557 g/mol. The molecule has 0 bridgehead atoms. The lowest BCUT2D eigenvalue weighted by Gasteiger charge is -2.24. The number of nitrogens with one attached hydrogen (secondary N) is 1. The van der Waals surface area contributed by atoms with Crippen LogP contribution in [0.1, 0.15) is 119 Å². The molecule has 35 heavy (non-hydrogen) atoms. The molecule has 2 aliphatic rings. The van der Waals surface area contributed by atoms with Gasteiger partial charge in [0.05, 0.1) is 15.7 Å². The maximum atomic E-state index is 12.2. The highest BCUT2D eigenvalue weighted by molar-refractivity contribution is 7.84. The fourth-order valence-electron chi connectivity index (χ4n) is 3.78. The van der Waals surface area contributed by atoms with E-state index in [2.05, 4.69) is 67.1 Å². The van der Waals surface area contributed by atoms with Crippen LogP contribution in [0.2, 0.25) is 0 Å². The van der Waals surface area contributed by atoms with Gasteiger partial charge in [0.15, 0.2) is 0 Å². The SMILES string of the molecule is CC[C@H](N)c1ccc(C2CC2)cc1.CC[C@H](N[S@@](=O)C(C)(C)C)c1ccc(C2CC2)cc1.S.S.S. The first-order chi connectivity index (χ1) is 15.2. The van der Waals surface area contributed by atoms with Crippen molar-refractivity contribution in [3.63, 3.8) is 0 Å². The Morgan fingerprint density at radius 1 is 0.800 bits per heavy atom. The molecule has 7 heteroatoms. The highest BCUT2D eigenvalue weighted by atomic mass is 32.2. The summed E-state index contributed by atoms with van der Waals surface area (Å²) in [5.41, 5.74) is 11.4. The zero-order valence-corrected chi connectivity index (χ0v) is 25.9. The molecular formula is C28H48N2OS4. The first kappa shape index (κ1) is 34.6. The summed E-state index contributed by atoms with van der Waals surface area (Å²) in [5, 5.41) is 0. The lowest BCUT2D eigenvalue weighted by atomic mass is 10.0. The zero-order valence-electron chi connectivity index (χ0n) is 22.1. The molecule has 3 nitrogen and oxygen atoms in total. The van der Waals surface area contributed by atoms with E-state index >= 15 is 0 Å². The molecule has 4 rings (SSSR count). The van der Waals surface area contributed by atoms with Crippen LogP contribution in [0.5, 0.6) is 0 Å². The number of nitrogens with two attached hydrogens (primary N) is 1. The van der Waals surface area contributed by atoms with E-state index in [1.165, 1.54) is 47.9 Å². The number of benzene rings is 2. The first-order valence-electron chi connectivity index (χ1n) is 12.4. The van der Waals surface area contributed by atoms with E-state index in [9.17, 15) is 4.21 Å². The molecule has 0 heterocycles. The second-order valence-corrected chi connectivity index (χ2v) is 12.4. The average Bonchev–Trinajstić information content (AvgIpc) is 3.70. The van der Waals surface area contributed by atoms with E-state index in [1.54, 1.807) is 0 Å². The van der Waals surface area contributed by atoms with Crippen molar-refractivity contribution in [1.29, 1.82) is 0 Å². The van der Waals surface area contributed by atoms with E-state index in [0.29, 0.717) is 0 Å². The minimum Gasteiger partial charge on any atom is -0.324 e. The molecule has 2 fully saturated rings. The maximum Gasteiger partial charge on any atom is 0.0975 e. The largest absolute Gasteiger partial charge is 0.324 e. The van der Waals surface area contributed by atoms with E-state index in [4.69, 9.17) is 5.73 Å². The highest BCUT2D eigenvalue weighted by Crippen LogP contribution is 2.41. The molecule has 0 unspecified atom stereocenters. The van der Waals surface area contributed by atoms with Crippen molar-refractivity contribution in [2.75, 3.05) is 0 Å². The van der Waals surface area contributed by atoms with Crippen LogP contribution < -0.4 is 10.5 Å². The highest BCUT2D eigenvalue weighted by Gasteiger charge is 2.25. The van der Waals surface area contributed by atoms with Crippen LogP contribution in [0.3, 0.4) is 0 Å². The van der Waals surface area contributed by atoms with Crippen LogP contribution in [0, 0.1) is 0 Å². The van der Waals surface area contributed by atoms with Crippen molar-refractivity contribution in [2.45, 2.75) is 102 Å². The first-order valence-corrected chi connectivity index (χ1v) is 13.5. The Hall–Kier alpha value is -0.440. The zero-order chi connectivity index (χ0) is 23.3. The fourth-order valence-corrected chi connectivity index (χ4v) is 4.69. The Morgan fingerprint density at radius 2 is 1.20 bits per heavy atom. The van der Waals surface area contributed by atoms with Crippen molar-refractivity contribution >= 4 is 51.5 Å². The number of hydrogen-bond acceptors (Lipinski definition) is 2. The van der Waals surface area contributed by atoms with Crippen molar-refractivity contribution in [1.82, 2.24) is 4.72 Å². The summed E-state index contributed by atoms with van der Waals surface area (Å²) < 4.78 is 15.2. The monoisotopic (exact) mass is 556 g/mol. The molecule has 2 aromatic carbocycles. The standard InChI is InChI=1S/C16H25NOS.C12H17N.3H2S/c1-5-15(17-19(18)16(2,3)4)14-10-8-13(9-11-14)12-6-7-12;1-2-12(13)11-7-5-10(6-8-11)9-3-4-9;;;/h8-12,15,17H,5-7H2,1-4H3;5-9,12H,2-4,13H2,1H3;3*1H2/t15-,19-;12-;;;/m00.../s1. The molecule has 0 radical (unpaired) electrons. The smallest absolute Gasteiger partial charge is 0.0975 e. The molecule has 0 spiro atoms. The third-order valence-corrected chi connectivity index (χ3v) is 8.07. The third kappa shape index (κ3) is 10.8. The Kier molecular flexibility index (Phi) is 15.5. The third-order valence-electron chi connectivity index (χ3n) is 6.45. The van der Waals surface area contributed by atoms with Crippen LogP contribution in [-0.2, 0) is 11.0 Å². The van der Waals surface area contributed by atoms with Gasteiger partial charge in [-0.3, -0.25) is 0 Å². The van der Waals surface area contributed by atoms with Crippen LogP contribution in [0.4, 0.5) is 0 Å². The summed E-state index contributed by atoms with van der Waals surface area (Å²) >= 11 is 0. The quantitative estimate of drug-likeness (QED) is 0.356. The summed E-state index contributed by atoms with van der Waals surface area (Å²) in [6, 6.07) is 18.1. The van der Waals surface area contributed by atoms with Gasteiger partial charge in [0.1, 0.15) is 0 Å². The number of hydrogen-bond donors (Lipinski definition) is 2. The summed E-state index contributed by atoms with van der Waals surface area (Å²) in [6.07, 6.45) is 7.39. The summed E-state index contributed by atoms with van der Waals surface area (Å²) in [6.45, 7) is 10.3. The van der Waals surface area contributed by atoms with E-state index in [0.717, 1.165) is 24.7 Å². The van der Waals surface area contributed by atoms with E-state index in [1.807, 2.05) is 20.8 Å². The lowest BCUT2D eigenvalue weighted by molar-refractivity contribution is 0.589. The second-order valence-electron chi connectivity index (χ2n) is 10.4. The Balaban J connectivity index is 0.000000641. The van der Waals surface area contributed by atoms with Gasteiger partial charge in [-0.15, -0.1) is 0 Å². The molecule has 2 aromatic rings. The lowest BCUT2D eigenvalue weighted by Crippen LogP contribution is -2.35. The molecule has 2 saturated carbocycles. The second kappa shape index (κ2) is 15.7. The van der Waals surface area contributed by atoms with Gasteiger partial charge >= 0.3 is 0 Å². The van der Waals surface area contributed by atoms with E-state index < -0.39 is 11.0 Å². The fraction of sp³-hybridized carbons (Fsp3) is 0.571. The van der Waals surface area contributed by atoms with Gasteiger partial charge in [-0.2, -0.15) is 40.5 Å². The Bertz CT molecular complexity index is 873. The van der Waals surface area contributed by atoms with Crippen molar-refractivity contribution in [3.05, 3.63) is 70.8 Å². The molecule has 0 aromatic heterocycles. The molecule has 0 saturated heterocycles. The number of rotatable bonds is 8. The topological polar surface area (TPSA) is 55.1 Å². The predicted octanol–water partition coefficient (Wildman–Crippen LogP) is 7.38. The molecule has 3 N–H and O–H groups in total. The summed E-state index contributed by atoms with van der Waals surface area (Å²) in [4.78, 5) is 0. The van der Waals surface area contributed by atoms with Gasteiger partial charge in [-0.1, -0.05) is 62.4 Å². The van der Waals surface area contributed by atoms with Crippen molar-refractivity contribution < 1.29 is 4.21 Å². The summed E-state index contributed by atoms with van der Waals surface area (Å²) in [7, 11) is -1.02. The molecule has 0 amide bonds. The summed E-state index contributed by atoms with van der Waals surface area (Å²) in [5.74, 6) is 1.65. The van der Waals surface area contributed by atoms with Crippen LogP contribution in [0.25, 0.3) is 0 Å². The normalized spacial score (nSPS) is 17.3. The molecule has 3 atom stereocenters. The van der Waals surface area contributed by atoms with Gasteiger partial charge in [0.2, 0.25) is 0 Å². The van der Waals surface area contributed by atoms with Gasteiger partial charge in [-0.05, 0) is 93.4 Å². The van der Waals surface area contributed by atoms with Crippen molar-refractivity contribution in [2.24, 2.45) is 5.73 Å². The maximum absolute atomic E-state index is 12.2.